The molecule has 1 saturated carbocycles. The molecule has 0 spiro atoms. The lowest BCUT2D eigenvalue weighted by molar-refractivity contribution is 0.0773. The van der Waals surface area contributed by atoms with E-state index in [9.17, 15) is 9.00 Å². The second kappa shape index (κ2) is 6.16. The first kappa shape index (κ1) is 15.6. The Hall–Kier alpha value is -1.95. The van der Waals surface area contributed by atoms with E-state index >= 15 is 0 Å². The van der Waals surface area contributed by atoms with Gasteiger partial charge in [-0.1, -0.05) is 0 Å². The Morgan fingerprint density at radius 1 is 1.25 bits per heavy atom. The summed E-state index contributed by atoms with van der Waals surface area (Å²) in [6.07, 6.45) is 2.29. The van der Waals surface area contributed by atoms with Gasteiger partial charge in [-0.2, -0.15) is 0 Å². The largest absolute Gasteiger partial charge is 0.497 e. The molecule has 1 aliphatic carbocycles. The molecule has 1 aromatic heterocycles. The summed E-state index contributed by atoms with van der Waals surface area (Å²) in [6, 6.07) is 7.63. The summed E-state index contributed by atoms with van der Waals surface area (Å²) in [6.45, 7) is 1.11. The fourth-order valence-electron chi connectivity index (χ4n) is 3.13. The number of hydrogen-bond acceptors (Lipinski definition) is 4. The van der Waals surface area contributed by atoms with Gasteiger partial charge in [0.25, 0.3) is 5.91 Å². The van der Waals surface area contributed by atoms with Crippen molar-refractivity contribution >= 4 is 27.6 Å². The summed E-state index contributed by atoms with van der Waals surface area (Å²) >= 11 is 0. The van der Waals surface area contributed by atoms with Crippen LogP contribution in [0.2, 0.25) is 0 Å². The summed E-state index contributed by atoms with van der Waals surface area (Å²) in [7, 11) is 0.826. The van der Waals surface area contributed by atoms with E-state index in [1.807, 2.05) is 29.2 Å². The first-order valence-corrected chi connectivity index (χ1v) is 9.77. The van der Waals surface area contributed by atoms with Crippen LogP contribution in [0.3, 0.4) is 0 Å². The summed E-state index contributed by atoms with van der Waals surface area (Å²) in [5.74, 6) is 2.34. The van der Waals surface area contributed by atoms with Crippen molar-refractivity contribution in [2.24, 2.45) is 0 Å². The van der Waals surface area contributed by atoms with E-state index in [2.05, 4.69) is 0 Å². The molecule has 1 aromatic carbocycles. The van der Waals surface area contributed by atoms with Crippen molar-refractivity contribution in [2.75, 3.05) is 31.7 Å². The average molecular weight is 344 g/mol. The molecule has 6 heteroatoms. The van der Waals surface area contributed by atoms with Gasteiger partial charge in [0.2, 0.25) is 0 Å². The lowest BCUT2D eigenvalue weighted by Crippen LogP contribution is -2.41. The molecule has 1 aliphatic heterocycles. The number of pyridine rings is 1. The maximum atomic E-state index is 13.1. The van der Waals surface area contributed by atoms with Crippen molar-refractivity contribution in [3.63, 3.8) is 0 Å². The van der Waals surface area contributed by atoms with E-state index in [0.29, 0.717) is 36.1 Å². The standard InChI is InChI=1S/C18H20N2O3S/c1-23-13-4-5-16-14(10-13)15(11-17(19-16)12-2-3-12)18(21)20-6-8-24(22)9-7-20/h4-5,10-12H,2-3,6-9H2,1H3. The van der Waals surface area contributed by atoms with Gasteiger partial charge in [0.1, 0.15) is 5.75 Å². The Kier molecular flexibility index (Phi) is 4.00. The van der Waals surface area contributed by atoms with E-state index < -0.39 is 10.8 Å². The molecule has 0 N–H and O–H groups in total. The minimum Gasteiger partial charge on any atom is -0.497 e. The molecule has 1 saturated heterocycles. The van der Waals surface area contributed by atoms with Crippen molar-refractivity contribution in [3.8, 4) is 5.75 Å². The lowest BCUT2D eigenvalue weighted by Gasteiger charge is -2.27. The minimum atomic E-state index is -0.794. The molecule has 1 amide bonds. The number of fused-ring (bicyclic) bond motifs is 1. The smallest absolute Gasteiger partial charge is 0.254 e. The van der Waals surface area contributed by atoms with Crippen LogP contribution in [0.25, 0.3) is 10.9 Å². The number of aromatic nitrogens is 1. The van der Waals surface area contributed by atoms with Crippen molar-refractivity contribution in [3.05, 3.63) is 35.5 Å². The van der Waals surface area contributed by atoms with E-state index in [1.165, 1.54) is 0 Å². The summed E-state index contributed by atoms with van der Waals surface area (Å²) < 4.78 is 16.9. The molecule has 0 unspecified atom stereocenters. The third kappa shape index (κ3) is 2.90. The van der Waals surface area contributed by atoms with Crippen LogP contribution >= 0.6 is 0 Å². The van der Waals surface area contributed by atoms with Crippen LogP contribution in [0.4, 0.5) is 0 Å². The van der Waals surface area contributed by atoms with Crippen LogP contribution in [-0.2, 0) is 10.8 Å². The van der Waals surface area contributed by atoms with E-state index in [0.717, 1.165) is 35.2 Å². The zero-order valence-corrected chi connectivity index (χ0v) is 14.5. The number of amides is 1. The first-order valence-electron chi connectivity index (χ1n) is 8.28. The van der Waals surface area contributed by atoms with Gasteiger partial charge in [-0.05, 0) is 37.1 Å². The summed E-state index contributed by atoms with van der Waals surface area (Å²) in [5, 5.41) is 0.829. The van der Waals surface area contributed by atoms with Crippen LogP contribution in [0, 0.1) is 0 Å². The molecule has 2 fully saturated rings. The Balaban J connectivity index is 1.78. The fourth-order valence-corrected chi connectivity index (χ4v) is 4.18. The van der Waals surface area contributed by atoms with Crippen LogP contribution < -0.4 is 4.74 Å². The molecule has 24 heavy (non-hydrogen) atoms. The second-order valence-electron chi connectivity index (χ2n) is 6.39. The normalized spacial score (nSPS) is 18.8. The number of rotatable bonds is 3. The highest BCUT2D eigenvalue weighted by Gasteiger charge is 2.29. The number of benzene rings is 1. The molecule has 5 nitrogen and oxygen atoms in total. The van der Waals surface area contributed by atoms with Crippen molar-refractivity contribution < 1.29 is 13.7 Å². The van der Waals surface area contributed by atoms with Gasteiger partial charge in [-0.25, -0.2) is 0 Å². The van der Waals surface area contributed by atoms with Crippen LogP contribution in [-0.4, -0.2) is 51.7 Å². The second-order valence-corrected chi connectivity index (χ2v) is 8.09. The fraction of sp³-hybridized carbons (Fsp3) is 0.444. The Morgan fingerprint density at radius 3 is 2.67 bits per heavy atom. The highest BCUT2D eigenvalue weighted by atomic mass is 32.2. The zero-order valence-electron chi connectivity index (χ0n) is 13.7. The Bertz CT molecular complexity index is 822. The molecule has 4 rings (SSSR count). The van der Waals surface area contributed by atoms with E-state index in [-0.39, 0.29) is 5.91 Å². The third-order valence-corrected chi connectivity index (χ3v) is 6.00. The molecule has 2 aromatic rings. The number of carbonyl (C=O) groups excluding carboxylic acids is 1. The van der Waals surface area contributed by atoms with E-state index in [1.54, 1.807) is 7.11 Å². The van der Waals surface area contributed by atoms with Crippen LogP contribution in [0.1, 0.15) is 34.8 Å². The van der Waals surface area contributed by atoms with Crippen molar-refractivity contribution in [1.82, 2.24) is 9.88 Å². The third-order valence-electron chi connectivity index (χ3n) is 4.73. The van der Waals surface area contributed by atoms with Gasteiger partial charge in [0, 0.05) is 52.4 Å². The van der Waals surface area contributed by atoms with Crippen LogP contribution in [0.5, 0.6) is 5.75 Å². The van der Waals surface area contributed by atoms with Crippen LogP contribution in [0.15, 0.2) is 24.3 Å². The zero-order chi connectivity index (χ0) is 16.7. The highest BCUT2D eigenvalue weighted by molar-refractivity contribution is 7.85. The van der Waals surface area contributed by atoms with Gasteiger partial charge >= 0.3 is 0 Å². The Labute approximate surface area is 143 Å². The van der Waals surface area contributed by atoms with Gasteiger partial charge in [0.05, 0.1) is 18.2 Å². The molecular weight excluding hydrogens is 324 g/mol. The number of hydrogen-bond donors (Lipinski definition) is 0. The van der Waals surface area contributed by atoms with Gasteiger partial charge in [0.15, 0.2) is 0 Å². The first-order chi connectivity index (χ1) is 11.7. The molecule has 2 aliphatic rings. The number of methoxy groups -OCH3 is 1. The maximum Gasteiger partial charge on any atom is 0.254 e. The van der Waals surface area contributed by atoms with Gasteiger partial charge < -0.3 is 9.64 Å². The number of ether oxygens (including phenoxy) is 1. The van der Waals surface area contributed by atoms with E-state index in [4.69, 9.17) is 9.72 Å². The highest BCUT2D eigenvalue weighted by Crippen LogP contribution is 2.40. The molecule has 0 bridgehead atoms. The molecule has 0 atom stereocenters. The predicted molar refractivity (Wildman–Crippen MR) is 94.0 cm³/mol. The average Bonchev–Trinajstić information content (AvgIpc) is 3.45. The van der Waals surface area contributed by atoms with Crippen molar-refractivity contribution in [1.29, 1.82) is 0 Å². The van der Waals surface area contributed by atoms with Gasteiger partial charge in [-0.15, -0.1) is 0 Å². The molecule has 2 heterocycles. The predicted octanol–water partition coefficient (Wildman–Crippen LogP) is 2.33. The summed E-state index contributed by atoms with van der Waals surface area (Å²) in [4.78, 5) is 19.6. The number of carbonyl (C=O) groups is 1. The topological polar surface area (TPSA) is 59.5 Å². The molecule has 0 radical (unpaired) electrons. The monoisotopic (exact) mass is 344 g/mol. The quantitative estimate of drug-likeness (QED) is 0.857. The van der Waals surface area contributed by atoms with Crippen molar-refractivity contribution in [2.45, 2.75) is 18.8 Å². The summed E-state index contributed by atoms with van der Waals surface area (Å²) in [5.41, 5.74) is 2.54. The van der Waals surface area contributed by atoms with Gasteiger partial charge in [-0.3, -0.25) is 14.0 Å². The SMILES string of the molecule is COc1ccc2nc(C3CC3)cc(C(=O)N3CCS(=O)CC3)c2c1. The number of nitrogens with zero attached hydrogens (tertiary/aromatic N) is 2. The lowest BCUT2D eigenvalue weighted by atomic mass is 10.0. The minimum absolute atomic E-state index is 0.00857. The Morgan fingerprint density at radius 2 is 2.00 bits per heavy atom. The maximum absolute atomic E-state index is 13.1. The molecular formula is C18H20N2O3S. The molecule has 126 valence electrons.